The van der Waals surface area contributed by atoms with E-state index >= 15 is 0 Å². The maximum atomic E-state index is 13.4. The molecule has 0 bridgehead atoms. The molecule has 0 unspecified atom stereocenters. The van der Waals surface area contributed by atoms with Gasteiger partial charge in [0.15, 0.2) is 0 Å². The molecular formula is C32H33NO3. The van der Waals surface area contributed by atoms with Gasteiger partial charge in [0, 0.05) is 12.1 Å². The van der Waals surface area contributed by atoms with Crippen LogP contribution in [0.15, 0.2) is 109 Å². The van der Waals surface area contributed by atoms with E-state index in [1.54, 1.807) is 0 Å². The Hall–Kier alpha value is -4.05. The van der Waals surface area contributed by atoms with Crippen LogP contribution < -0.4 is 14.4 Å². The van der Waals surface area contributed by atoms with Gasteiger partial charge in [-0.15, -0.1) is 0 Å². The number of carbonyl (C=O) groups is 1. The number of hydrogen-bond acceptors (Lipinski definition) is 3. The first kappa shape index (κ1) is 25.1. The van der Waals surface area contributed by atoms with Crippen molar-refractivity contribution in [2.24, 2.45) is 0 Å². The zero-order valence-corrected chi connectivity index (χ0v) is 20.8. The molecule has 4 rings (SSSR count). The first-order valence-corrected chi connectivity index (χ1v) is 12.5. The summed E-state index contributed by atoms with van der Waals surface area (Å²) < 4.78 is 11.6. The van der Waals surface area contributed by atoms with Gasteiger partial charge in [-0.3, -0.25) is 4.79 Å². The largest absolute Gasteiger partial charge is 0.494 e. The highest BCUT2D eigenvalue weighted by molar-refractivity contribution is 5.93. The van der Waals surface area contributed by atoms with Crippen molar-refractivity contribution in [2.45, 2.75) is 39.3 Å². The summed E-state index contributed by atoms with van der Waals surface area (Å²) in [6, 6.07) is 36.0. The van der Waals surface area contributed by atoms with Crippen LogP contribution in [0.25, 0.3) is 0 Å². The van der Waals surface area contributed by atoms with Crippen molar-refractivity contribution in [1.82, 2.24) is 0 Å². The van der Waals surface area contributed by atoms with Crippen molar-refractivity contribution in [3.05, 3.63) is 126 Å². The van der Waals surface area contributed by atoms with E-state index in [0.717, 1.165) is 40.3 Å². The molecule has 4 aromatic rings. The third-order valence-corrected chi connectivity index (χ3v) is 5.91. The average Bonchev–Trinajstić information content (AvgIpc) is 2.94. The number of carbonyl (C=O) groups excluding carboxylic acids is 1. The Balaban J connectivity index is 1.42. The molecule has 0 atom stereocenters. The number of anilines is 1. The number of ether oxygens (including phenoxy) is 2. The lowest BCUT2D eigenvalue weighted by Gasteiger charge is -2.23. The number of benzene rings is 4. The van der Waals surface area contributed by atoms with Crippen LogP contribution >= 0.6 is 0 Å². The second-order valence-corrected chi connectivity index (χ2v) is 8.73. The summed E-state index contributed by atoms with van der Waals surface area (Å²) in [6.45, 7) is 3.83. The van der Waals surface area contributed by atoms with Crippen LogP contribution in [0.2, 0.25) is 0 Å². The van der Waals surface area contributed by atoms with E-state index in [2.05, 4.69) is 6.92 Å². The second kappa shape index (κ2) is 13.1. The molecule has 0 aliphatic heterocycles. The summed E-state index contributed by atoms with van der Waals surface area (Å²) >= 11 is 0. The molecule has 0 spiro atoms. The Bertz CT molecular complexity index is 1190. The minimum Gasteiger partial charge on any atom is -0.494 e. The monoisotopic (exact) mass is 479 g/mol. The fraction of sp³-hybridized carbons (Fsp3) is 0.219. The molecule has 184 valence electrons. The van der Waals surface area contributed by atoms with Gasteiger partial charge >= 0.3 is 0 Å². The highest BCUT2D eigenvalue weighted by Crippen LogP contribution is 2.24. The van der Waals surface area contributed by atoms with Crippen LogP contribution in [0.4, 0.5) is 5.69 Å². The van der Waals surface area contributed by atoms with Gasteiger partial charge in [-0.25, -0.2) is 0 Å². The third kappa shape index (κ3) is 7.47. The van der Waals surface area contributed by atoms with Crippen molar-refractivity contribution in [2.75, 3.05) is 11.5 Å². The molecule has 0 heterocycles. The van der Waals surface area contributed by atoms with E-state index in [9.17, 15) is 4.79 Å². The van der Waals surface area contributed by atoms with E-state index in [1.165, 1.54) is 0 Å². The molecule has 1 amide bonds. The average molecular weight is 480 g/mol. The molecule has 0 saturated heterocycles. The number of amides is 1. The molecule has 0 radical (unpaired) electrons. The van der Waals surface area contributed by atoms with Gasteiger partial charge in [-0.05, 0) is 65.9 Å². The number of rotatable bonds is 12. The van der Waals surface area contributed by atoms with E-state index < -0.39 is 0 Å². The van der Waals surface area contributed by atoms with E-state index in [4.69, 9.17) is 9.47 Å². The molecule has 4 heteroatoms. The predicted octanol–water partition coefficient (Wildman–Crippen LogP) is 7.22. The van der Waals surface area contributed by atoms with E-state index in [1.807, 2.05) is 114 Å². The van der Waals surface area contributed by atoms with Crippen LogP contribution in [0.3, 0.4) is 0 Å². The van der Waals surface area contributed by atoms with Crippen molar-refractivity contribution in [1.29, 1.82) is 0 Å². The van der Waals surface area contributed by atoms with E-state index in [0.29, 0.717) is 32.6 Å². The molecular weight excluding hydrogens is 446 g/mol. The molecule has 0 N–H and O–H groups in total. The Kier molecular flexibility index (Phi) is 9.15. The highest BCUT2D eigenvalue weighted by Gasteiger charge is 2.17. The molecule has 0 saturated carbocycles. The van der Waals surface area contributed by atoms with Crippen molar-refractivity contribution < 1.29 is 14.3 Å². The molecule has 36 heavy (non-hydrogen) atoms. The van der Waals surface area contributed by atoms with Gasteiger partial charge < -0.3 is 14.4 Å². The van der Waals surface area contributed by atoms with E-state index in [-0.39, 0.29) is 5.91 Å². The maximum absolute atomic E-state index is 13.4. The van der Waals surface area contributed by atoms with Gasteiger partial charge in [0.25, 0.3) is 0 Å². The molecule has 4 aromatic carbocycles. The minimum absolute atomic E-state index is 0.0862. The van der Waals surface area contributed by atoms with Crippen LogP contribution in [-0.2, 0) is 24.4 Å². The molecule has 0 aromatic heterocycles. The Morgan fingerprint density at radius 1 is 0.667 bits per heavy atom. The summed E-state index contributed by atoms with van der Waals surface area (Å²) in [7, 11) is 0. The SMILES string of the molecule is CCCOc1ccc(CCC(=O)N(Cc2ccccc2)c2ccc(OCc3ccccc3)cc2)cc1. The summed E-state index contributed by atoms with van der Waals surface area (Å²) in [6.07, 6.45) is 2.08. The van der Waals surface area contributed by atoms with Gasteiger partial charge in [0.05, 0.1) is 13.2 Å². The van der Waals surface area contributed by atoms with Gasteiger partial charge in [0.2, 0.25) is 5.91 Å². The quantitative estimate of drug-likeness (QED) is 0.215. The third-order valence-electron chi connectivity index (χ3n) is 5.91. The van der Waals surface area contributed by atoms with Crippen LogP contribution in [-0.4, -0.2) is 12.5 Å². The van der Waals surface area contributed by atoms with Crippen LogP contribution in [0.1, 0.15) is 36.5 Å². The highest BCUT2D eigenvalue weighted by atomic mass is 16.5. The molecule has 0 aliphatic rings. The fourth-order valence-corrected chi connectivity index (χ4v) is 3.91. The van der Waals surface area contributed by atoms with Crippen LogP contribution in [0.5, 0.6) is 11.5 Å². The molecule has 4 nitrogen and oxygen atoms in total. The standard InChI is InChI=1S/C32H33NO3/c1-2-23-35-30-18-13-26(14-19-30)15-22-32(34)33(24-27-9-5-3-6-10-27)29-16-20-31(21-17-29)36-25-28-11-7-4-8-12-28/h3-14,16-21H,2,15,22-25H2,1H3. The first-order chi connectivity index (χ1) is 17.7. The maximum Gasteiger partial charge on any atom is 0.227 e. The lowest BCUT2D eigenvalue weighted by Crippen LogP contribution is -2.30. The van der Waals surface area contributed by atoms with Crippen molar-refractivity contribution >= 4 is 11.6 Å². The second-order valence-electron chi connectivity index (χ2n) is 8.73. The smallest absolute Gasteiger partial charge is 0.227 e. The number of aryl methyl sites for hydroxylation is 1. The summed E-state index contributed by atoms with van der Waals surface area (Å²) in [5, 5.41) is 0. The fourth-order valence-electron chi connectivity index (χ4n) is 3.91. The first-order valence-electron chi connectivity index (χ1n) is 12.5. The lowest BCUT2D eigenvalue weighted by molar-refractivity contribution is -0.118. The lowest BCUT2D eigenvalue weighted by atomic mass is 10.1. The van der Waals surface area contributed by atoms with Crippen molar-refractivity contribution in [3.8, 4) is 11.5 Å². The normalized spacial score (nSPS) is 10.6. The Labute approximate surface area is 214 Å². The summed E-state index contributed by atoms with van der Waals surface area (Å²) in [4.78, 5) is 15.3. The molecule has 0 fully saturated rings. The van der Waals surface area contributed by atoms with Crippen molar-refractivity contribution in [3.63, 3.8) is 0 Å². The van der Waals surface area contributed by atoms with Gasteiger partial charge in [-0.2, -0.15) is 0 Å². The van der Waals surface area contributed by atoms with Crippen LogP contribution in [0, 0.1) is 0 Å². The zero-order valence-electron chi connectivity index (χ0n) is 20.8. The Morgan fingerprint density at radius 3 is 1.89 bits per heavy atom. The summed E-state index contributed by atoms with van der Waals surface area (Å²) in [5.41, 5.74) is 4.19. The zero-order chi connectivity index (χ0) is 25.0. The van der Waals surface area contributed by atoms with Gasteiger partial charge in [0.1, 0.15) is 18.1 Å². The predicted molar refractivity (Wildman–Crippen MR) is 145 cm³/mol. The van der Waals surface area contributed by atoms with Gasteiger partial charge in [-0.1, -0.05) is 79.7 Å². The topological polar surface area (TPSA) is 38.8 Å². The number of hydrogen-bond donors (Lipinski definition) is 0. The minimum atomic E-state index is 0.0862. The number of nitrogens with zero attached hydrogens (tertiary/aromatic N) is 1. The summed E-state index contributed by atoms with van der Waals surface area (Å²) in [5.74, 6) is 1.73. The Morgan fingerprint density at radius 2 is 1.25 bits per heavy atom. The molecule has 0 aliphatic carbocycles.